The molecule has 1 rings (SSSR count). The average Bonchev–Trinajstić information content (AvgIpc) is 2.25. The highest BCUT2D eigenvalue weighted by molar-refractivity contribution is 6.17. The molecule has 0 heterocycles. The van der Waals surface area contributed by atoms with E-state index in [-0.39, 0.29) is 0 Å². The molecule has 0 saturated carbocycles. The highest BCUT2D eigenvalue weighted by Crippen LogP contribution is 2.32. The Hall–Kier alpha value is -1.43. The second-order valence-electron chi connectivity index (χ2n) is 3.19. The number of rotatable bonds is 6. The van der Waals surface area contributed by atoms with Crippen molar-refractivity contribution in [2.45, 2.75) is 19.5 Å². The topological polar surface area (TPSA) is 52.4 Å². The molecule has 94 valence electrons. The number of hydrogen-bond acceptors (Lipinski definition) is 3. The lowest BCUT2D eigenvalue weighted by atomic mass is 10.1. The fourth-order valence-corrected chi connectivity index (χ4v) is 1.56. The highest BCUT2D eigenvalue weighted by atomic mass is 35.5. The van der Waals surface area contributed by atoms with E-state index in [0.29, 0.717) is 24.3 Å². The second kappa shape index (κ2) is 6.34. The lowest BCUT2D eigenvalue weighted by Crippen LogP contribution is -2.06. The van der Waals surface area contributed by atoms with Crippen LogP contribution >= 0.6 is 11.6 Å². The molecule has 0 bridgehead atoms. The third kappa shape index (κ3) is 3.81. The first kappa shape index (κ1) is 13.6. The summed E-state index contributed by atoms with van der Waals surface area (Å²) < 4.78 is 28.3. The second-order valence-corrected chi connectivity index (χ2v) is 3.57. The third-order valence-electron chi connectivity index (χ3n) is 2.06. The van der Waals surface area contributed by atoms with Crippen LogP contribution in [0.5, 0.6) is 5.75 Å². The van der Waals surface area contributed by atoms with E-state index in [9.17, 15) is 18.9 Å². The summed E-state index contributed by atoms with van der Waals surface area (Å²) in [6.07, 6.45) is 0.876. The average molecular weight is 266 g/mol. The molecule has 0 aliphatic rings. The van der Waals surface area contributed by atoms with Crippen molar-refractivity contribution >= 4 is 17.3 Å². The van der Waals surface area contributed by atoms with E-state index in [2.05, 4.69) is 4.74 Å². The van der Waals surface area contributed by atoms with Crippen LogP contribution < -0.4 is 4.74 Å². The van der Waals surface area contributed by atoms with Gasteiger partial charge in [-0.15, -0.1) is 11.6 Å². The molecular formula is C10H10ClF2NO3. The van der Waals surface area contributed by atoms with Crippen LogP contribution in [0.4, 0.5) is 14.5 Å². The summed E-state index contributed by atoms with van der Waals surface area (Å²) in [5.74, 6) is -0.0750. The Balaban J connectivity index is 3.08. The van der Waals surface area contributed by atoms with E-state index in [4.69, 9.17) is 11.6 Å². The van der Waals surface area contributed by atoms with Gasteiger partial charge in [-0.3, -0.25) is 10.1 Å². The molecule has 0 N–H and O–H groups in total. The van der Waals surface area contributed by atoms with Crippen LogP contribution in [0.3, 0.4) is 0 Å². The zero-order valence-corrected chi connectivity index (χ0v) is 9.49. The minimum absolute atomic E-state index is 0.341. The first-order valence-electron chi connectivity index (χ1n) is 4.83. The first-order valence-corrected chi connectivity index (χ1v) is 5.36. The lowest BCUT2D eigenvalue weighted by molar-refractivity contribution is -0.387. The predicted octanol–water partition coefficient (Wildman–Crippen LogP) is 3.37. The maximum atomic E-state index is 12.1. The number of hydrogen-bond donors (Lipinski definition) is 0. The Kier molecular flexibility index (Phi) is 5.09. The molecule has 0 atom stereocenters. The van der Waals surface area contributed by atoms with Crippen LogP contribution in [0.1, 0.15) is 12.0 Å². The molecule has 0 aliphatic carbocycles. The normalized spacial score (nSPS) is 10.6. The standard InChI is InChI=1S/C10H10ClF2NO3/c11-6-2-4-7-3-1-5-8(17-10(12)13)9(7)14(15)16/h1,3,5,10H,2,4,6H2. The van der Waals surface area contributed by atoms with Gasteiger partial charge in [-0.2, -0.15) is 8.78 Å². The number of benzene rings is 1. The summed E-state index contributed by atoms with van der Waals surface area (Å²) >= 11 is 5.49. The van der Waals surface area contributed by atoms with E-state index in [1.807, 2.05) is 0 Å². The number of halogens is 3. The molecule has 0 aliphatic heterocycles. The van der Waals surface area contributed by atoms with Crippen LogP contribution in [0.15, 0.2) is 18.2 Å². The molecule has 0 aromatic heterocycles. The molecule has 0 unspecified atom stereocenters. The Labute approximate surface area is 101 Å². The van der Waals surface area contributed by atoms with Crippen molar-refractivity contribution in [1.29, 1.82) is 0 Å². The molecule has 0 radical (unpaired) electrons. The zero-order chi connectivity index (χ0) is 12.8. The third-order valence-corrected chi connectivity index (χ3v) is 2.33. The van der Waals surface area contributed by atoms with Gasteiger partial charge in [-0.25, -0.2) is 0 Å². The van der Waals surface area contributed by atoms with Crippen LogP contribution in [-0.2, 0) is 6.42 Å². The molecule has 7 heteroatoms. The largest absolute Gasteiger partial charge is 0.427 e. The monoisotopic (exact) mass is 265 g/mol. The molecule has 17 heavy (non-hydrogen) atoms. The van der Waals surface area contributed by atoms with Crippen LogP contribution in [-0.4, -0.2) is 17.4 Å². The molecular weight excluding hydrogens is 256 g/mol. The number of ether oxygens (including phenoxy) is 1. The molecule has 0 spiro atoms. The predicted molar refractivity (Wildman–Crippen MR) is 58.8 cm³/mol. The molecule has 0 fully saturated rings. The number of nitro groups is 1. The zero-order valence-electron chi connectivity index (χ0n) is 8.74. The molecule has 0 amide bonds. The van der Waals surface area contributed by atoms with Crippen molar-refractivity contribution < 1.29 is 18.4 Å². The summed E-state index contributed by atoms with van der Waals surface area (Å²) in [4.78, 5) is 10.1. The number of para-hydroxylation sites is 1. The summed E-state index contributed by atoms with van der Waals surface area (Å²) in [6.45, 7) is -3.09. The summed E-state index contributed by atoms with van der Waals surface area (Å²) in [5.41, 5.74) is -0.0771. The maximum Gasteiger partial charge on any atom is 0.387 e. The van der Waals surface area contributed by atoms with Crippen molar-refractivity contribution in [1.82, 2.24) is 0 Å². The van der Waals surface area contributed by atoms with Gasteiger partial charge in [0.15, 0.2) is 0 Å². The van der Waals surface area contributed by atoms with E-state index >= 15 is 0 Å². The number of nitro benzene ring substituents is 1. The van der Waals surface area contributed by atoms with E-state index in [0.717, 1.165) is 6.07 Å². The maximum absolute atomic E-state index is 12.1. The fraction of sp³-hybridized carbons (Fsp3) is 0.400. The van der Waals surface area contributed by atoms with Gasteiger partial charge >= 0.3 is 12.3 Å². The van der Waals surface area contributed by atoms with Crippen LogP contribution in [0.25, 0.3) is 0 Å². The van der Waals surface area contributed by atoms with Crippen LogP contribution in [0.2, 0.25) is 0 Å². The van der Waals surface area contributed by atoms with Crippen molar-refractivity contribution in [3.8, 4) is 5.75 Å². The minimum atomic E-state index is -3.09. The van der Waals surface area contributed by atoms with E-state index < -0.39 is 23.0 Å². The van der Waals surface area contributed by atoms with Crippen molar-refractivity contribution in [3.05, 3.63) is 33.9 Å². The Morgan fingerprint density at radius 3 is 2.71 bits per heavy atom. The van der Waals surface area contributed by atoms with Gasteiger partial charge in [0.2, 0.25) is 5.75 Å². The molecule has 1 aromatic rings. The number of aryl methyl sites for hydroxylation is 1. The van der Waals surface area contributed by atoms with Gasteiger partial charge in [0.1, 0.15) is 0 Å². The van der Waals surface area contributed by atoms with Crippen LogP contribution in [0, 0.1) is 10.1 Å². The van der Waals surface area contributed by atoms with Crippen molar-refractivity contribution in [3.63, 3.8) is 0 Å². The SMILES string of the molecule is O=[N+]([O-])c1c(CCCCl)cccc1OC(F)F. The summed E-state index contributed by atoms with van der Waals surface area (Å²) in [5, 5.41) is 10.8. The van der Waals surface area contributed by atoms with Gasteiger partial charge in [0.25, 0.3) is 0 Å². The van der Waals surface area contributed by atoms with Gasteiger partial charge < -0.3 is 4.74 Å². The molecule has 1 aromatic carbocycles. The Morgan fingerprint density at radius 1 is 1.47 bits per heavy atom. The lowest BCUT2D eigenvalue weighted by Gasteiger charge is -2.08. The summed E-state index contributed by atoms with van der Waals surface area (Å²) in [6, 6.07) is 4.09. The number of nitrogens with zero attached hydrogens (tertiary/aromatic N) is 1. The van der Waals surface area contributed by atoms with E-state index in [1.165, 1.54) is 12.1 Å². The summed E-state index contributed by atoms with van der Waals surface area (Å²) in [7, 11) is 0. The van der Waals surface area contributed by atoms with Gasteiger partial charge in [0.05, 0.1) is 4.92 Å². The highest BCUT2D eigenvalue weighted by Gasteiger charge is 2.22. The fourth-order valence-electron chi connectivity index (χ4n) is 1.43. The smallest absolute Gasteiger partial charge is 0.387 e. The minimum Gasteiger partial charge on any atom is -0.427 e. The first-order chi connectivity index (χ1) is 8.06. The van der Waals surface area contributed by atoms with Crippen molar-refractivity contribution in [2.75, 3.05) is 5.88 Å². The molecule has 0 saturated heterocycles. The quantitative estimate of drug-likeness (QED) is 0.450. The Morgan fingerprint density at radius 2 is 2.18 bits per heavy atom. The van der Waals surface area contributed by atoms with Gasteiger partial charge in [-0.05, 0) is 18.9 Å². The van der Waals surface area contributed by atoms with E-state index in [1.54, 1.807) is 0 Å². The van der Waals surface area contributed by atoms with Gasteiger partial charge in [0, 0.05) is 11.4 Å². The Bertz CT molecular complexity index is 401. The number of alkyl halides is 3. The van der Waals surface area contributed by atoms with Crippen molar-refractivity contribution in [2.24, 2.45) is 0 Å². The van der Waals surface area contributed by atoms with Gasteiger partial charge in [-0.1, -0.05) is 12.1 Å². The molecule has 4 nitrogen and oxygen atoms in total.